The van der Waals surface area contributed by atoms with Gasteiger partial charge in [-0.05, 0) is 50.1 Å². The summed E-state index contributed by atoms with van der Waals surface area (Å²) < 4.78 is 0. The molecule has 0 radical (unpaired) electrons. The Bertz CT molecular complexity index is 1110. The van der Waals surface area contributed by atoms with Crippen molar-refractivity contribution < 1.29 is 9.90 Å². The second kappa shape index (κ2) is 6.25. The van der Waals surface area contributed by atoms with E-state index in [1.54, 1.807) is 11.1 Å². The van der Waals surface area contributed by atoms with Gasteiger partial charge in [0.25, 0.3) is 5.91 Å². The summed E-state index contributed by atoms with van der Waals surface area (Å²) in [5.41, 5.74) is 11.1. The maximum absolute atomic E-state index is 13.4. The van der Waals surface area contributed by atoms with E-state index in [0.29, 0.717) is 21.7 Å². The summed E-state index contributed by atoms with van der Waals surface area (Å²) in [6.45, 7) is 5.75. The van der Waals surface area contributed by atoms with Crippen LogP contribution < -0.4 is 10.6 Å². The van der Waals surface area contributed by atoms with Crippen LogP contribution in [0.15, 0.2) is 42.6 Å². The van der Waals surface area contributed by atoms with E-state index in [2.05, 4.69) is 4.98 Å². The lowest BCUT2D eigenvalue weighted by molar-refractivity contribution is -0.112. The van der Waals surface area contributed by atoms with E-state index < -0.39 is 0 Å². The second-order valence-corrected chi connectivity index (χ2v) is 7.78. The van der Waals surface area contributed by atoms with E-state index in [1.807, 2.05) is 57.2 Å². The van der Waals surface area contributed by atoms with Gasteiger partial charge in [-0.15, -0.1) is 11.3 Å². The first kappa shape index (κ1) is 17.3. The summed E-state index contributed by atoms with van der Waals surface area (Å²) >= 11 is 1.36. The molecule has 3 N–H and O–H groups in total. The zero-order valence-corrected chi connectivity index (χ0v) is 16.1. The molecule has 0 fully saturated rings. The van der Waals surface area contributed by atoms with E-state index in [1.165, 1.54) is 11.3 Å². The summed E-state index contributed by atoms with van der Waals surface area (Å²) in [4.78, 5) is 19.8. The van der Waals surface area contributed by atoms with Gasteiger partial charge in [0.15, 0.2) is 0 Å². The number of hydrogen-bond acceptors (Lipinski definition) is 5. The van der Waals surface area contributed by atoms with Crippen molar-refractivity contribution in [3.63, 3.8) is 0 Å². The molecule has 5 nitrogen and oxygen atoms in total. The normalized spacial score (nSPS) is 15.2. The molecule has 1 amide bonds. The molecule has 1 aliphatic heterocycles. The average Bonchev–Trinajstić information content (AvgIpc) is 3.21. The van der Waals surface area contributed by atoms with E-state index in [9.17, 15) is 9.90 Å². The minimum Gasteiger partial charge on any atom is -0.506 e. The molecule has 1 aromatic heterocycles. The zero-order chi connectivity index (χ0) is 19.3. The summed E-state index contributed by atoms with van der Waals surface area (Å²) in [6.07, 6.45) is 1.60. The molecule has 0 spiro atoms. The molecule has 3 aromatic rings. The predicted octanol–water partition coefficient (Wildman–Crippen LogP) is 4.76. The van der Waals surface area contributed by atoms with Crippen LogP contribution in [0.3, 0.4) is 0 Å². The molecule has 136 valence electrons. The number of benzene rings is 2. The van der Waals surface area contributed by atoms with Crippen LogP contribution in [-0.2, 0) is 4.79 Å². The summed E-state index contributed by atoms with van der Waals surface area (Å²) in [5, 5.41) is 11.7. The number of nitrogen functional groups attached to an aromatic ring is 1. The van der Waals surface area contributed by atoms with Crippen molar-refractivity contribution in [1.82, 2.24) is 4.98 Å². The largest absolute Gasteiger partial charge is 0.506 e. The predicted molar refractivity (Wildman–Crippen MR) is 110 cm³/mol. The maximum Gasteiger partial charge on any atom is 0.267 e. The number of carbonyl (C=O) groups is 1. The first-order valence-corrected chi connectivity index (χ1v) is 9.37. The van der Waals surface area contributed by atoms with Crippen LogP contribution in [0.5, 0.6) is 0 Å². The number of rotatable bonds is 2. The molecular formula is C21H19N3O2S. The van der Waals surface area contributed by atoms with Gasteiger partial charge in [-0.3, -0.25) is 9.69 Å². The minimum absolute atomic E-state index is 0.0367. The van der Waals surface area contributed by atoms with Crippen molar-refractivity contribution in [2.45, 2.75) is 20.8 Å². The van der Waals surface area contributed by atoms with Crippen molar-refractivity contribution >= 4 is 45.6 Å². The Morgan fingerprint density at radius 3 is 2.52 bits per heavy atom. The van der Waals surface area contributed by atoms with Crippen molar-refractivity contribution in [2.24, 2.45) is 0 Å². The van der Waals surface area contributed by atoms with Gasteiger partial charge in [0.05, 0.1) is 26.8 Å². The fourth-order valence-electron chi connectivity index (χ4n) is 3.35. The Balaban J connectivity index is 1.95. The molecule has 0 atom stereocenters. The number of thiazole rings is 1. The highest BCUT2D eigenvalue weighted by Crippen LogP contribution is 2.45. The van der Waals surface area contributed by atoms with E-state index >= 15 is 0 Å². The minimum atomic E-state index is -0.257. The molecule has 2 aromatic carbocycles. The Morgan fingerprint density at radius 2 is 1.81 bits per heavy atom. The molecule has 0 saturated carbocycles. The molecule has 27 heavy (non-hydrogen) atoms. The Labute approximate surface area is 161 Å². The van der Waals surface area contributed by atoms with Gasteiger partial charge in [0.2, 0.25) is 0 Å². The lowest BCUT2D eigenvalue weighted by atomic mass is 10.0. The van der Waals surface area contributed by atoms with Crippen LogP contribution >= 0.6 is 11.3 Å². The second-order valence-electron chi connectivity index (χ2n) is 6.55. The topological polar surface area (TPSA) is 79.5 Å². The fraction of sp³-hybridized carbons (Fsp3) is 0.143. The molecular weight excluding hydrogens is 358 g/mol. The summed E-state index contributed by atoms with van der Waals surface area (Å²) in [7, 11) is 0. The molecule has 0 unspecified atom stereocenters. The zero-order valence-electron chi connectivity index (χ0n) is 15.3. The highest BCUT2D eigenvalue weighted by atomic mass is 32.1. The van der Waals surface area contributed by atoms with Gasteiger partial charge < -0.3 is 10.8 Å². The van der Waals surface area contributed by atoms with Gasteiger partial charge >= 0.3 is 0 Å². The number of aliphatic hydroxyl groups is 1. The van der Waals surface area contributed by atoms with Gasteiger partial charge in [-0.25, -0.2) is 4.98 Å². The molecule has 4 rings (SSSR count). The lowest BCUT2D eigenvalue weighted by Crippen LogP contribution is -2.22. The molecule has 2 heterocycles. The third-order valence-electron chi connectivity index (χ3n) is 4.96. The summed E-state index contributed by atoms with van der Waals surface area (Å²) in [5.74, 6) is -0.294. The highest BCUT2D eigenvalue weighted by Gasteiger charge is 2.37. The first-order chi connectivity index (χ1) is 12.9. The van der Waals surface area contributed by atoms with E-state index in [4.69, 9.17) is 5.73 Å². The van der Waals surface area contributed by atoms with Gasteiger partial charge in [0, 0.05) is 17.4 Å². The van der Waals surface area contributed by atoms with Gasteiger partial charge in [-0.1, -0.05) is 18.2 Å². The number of nitrogens with zero attached hydrogens (tertiary/aromatic N) is 2. The van der Waals surface area contributed by atoms with Crippen LogP contribution in [0.2, 0.25) is 0 Å². The van der Waals surface area contributed by atoms with Gasteiger partial charge in [0.1, 0.15) is 5.76 Å². The Hall–Kier alpha value is -3.12. The quantitative estimate of drug-likeness (QED) is 0.383. The van der Waals surface area contributed by atoms with Crippen LogP contribution in [0.4, 0.5) is 17.1 Å². The first-order valence-electron chi connectivity index (χ1n) is 8.55. The molecule has 6 heteroatoms. The maximum atomic E-state index is 13.4. The van der Waals surface area contributed by atoms with Crippen LogP contribution in [-0.4, -0.2) is 16.0 Å². The molecule has 1 aliphatic rings. The van der Waals surface area contributed by atoms with Crippen LogP contribution in [0, 0.1) is 20.8 Å². The highest BCUT2D eigenvalue weighted by molar-refractivity contribution is 7.12. The van der Waals surface area contributed by atoms with E-state index in [-0.39, 0.29) is 11.7 Å². The Morgan fingerprint density at radius 1 is 1.07 bits per heavy atom. The number of carbonyl (C=O) groups excluding carboxylic acids is 1. The monoisotopic (exact) mass is 377 g/mol. The van der Waals surface area contributed by atoms with Crippen molar-refractivity contribution in [2.75, 3.05) is 10.6 Å². The number of aromatic nitrogens is 1. The number of anilines is 3. The smallest absolute Gasteiger partial charge is 0.267 e. The number of nitrogens with two attached hydrogens (primary N) is 1. The molecule has 0 aliphatic carbocycles. The SMILES string of the molecule is Cc1ncc(C(O)=C2C(=O)N(c3ccc(N)c(C)c3C)c3ccccc32)s1. The molecule has 0 bridgehead atoms. The number of aryl methyl sites for hydroxylation is 1. The Kier molecular flexibility index (Phi) is 4.00. The van der Waals surface area contributed by atoms with Crippen LogP contribution in [0.1, 0.15) is 26.6 Å². The third-order valence-corrected chi connectivity index (χ3v) is 5.88. The van der Waals surface area contributed by atoms with Gasteiger partial charge in [-0.2, -0.15) is 0 Å². The lowest BCUT2D eigenvalue weighted by Gasteiger charge is -2.21. The van der Waals surface area contributed by atoms with Crippen molar-refractivity contribution in [3.05, 3.63) is 69.2 Å². The average molecular weight is 377 g/mol. The number of para-hydroxylation sites is 1. The number of hydrogen-bond donors (Lipinski definition) is 2. The van der Waals surface area contributed by atoms with Crippen molar-refractivity contribution in [3.8, 4) is 0 Å². The molecule has 0 saturated heterocycles. The third kappa shape index (κ3) is 2.61. The number of fused-ring (bicyclic) bond motifs is 1. The van der Waals surface area contributed by atoms with E-state index in [0.717, 1.165) is 27.5 Å². The van der Waals surface area contributed by atoms with Crippen molar-refractivity contribution in [1.29, 1.82) is 0 Å². The van der Waals surface area contributed by atoms with Crippen LogP contribution in [0.25, 0.3) is 11.3 Å². The number of aliphatic hydroxyl groups excluding tert-OH is 1. The summed E-state index contributed by atoms with van der Waals surface area (Å²) in [6, 6.07) is 11.1. The fourth-order valence-corrected chi connectivity index (χ4v) is 4.08. The number of amides is 1. The standard InChI is InChI=1S/C21H19N3O2S/c1-11-12(2)16(9-8-15(11)22)24-17-7-5-4-6-14(17)19(21(24)26)20(25)18-10-23-13(3)27-18/h4-10,25H,22H2,1-3H3.